The summed E-state index contributed by atoms with van der Waals surface area (Å²) >= 11 is 0. The number of carbonyl (C=O) groups excluding carboxylic acids is 1. The van der Waals surface area contributed by atoms with E-state index in [1.165, 1.54) is 38.1 Å². The molecule has 6 nitrogen and oxygen atoms in total. The highest BCUT2D eigenvalue weighted by Crippen LogP contribution is 2.38. The van der Waals surface area contributed by atoms with E-state index in [1.807, 2.05) is 11.0 Å². The lowest BCUT2D eigenvalue weighted by Crippen LogP contribution is -2.47. The van der Waals surface area contributed by atoms with Gasteiger partial charge in [-0.15, -0.1) is 0 Å². The third-order valence-corrected chi connectivity index (χ3v) is 6.36. The minimum atomic E-state index is -5.08. The number of rotatable bonds is 3. The first-order chi connectivity index (χ1) is 15.1. The van der Waals surface area contributed by atoms with E-state index < -0.39 is 12.1 Å². The van der Waals surface area contributed by atoms with Gasteiger partial charge in [0.25, 0.3) is 0 Å². The van der Waals surface area contributed by atoms with E-state index in [-0.39, 0.29) is 23.7 Å². The van der Waals surface area contributed by atoms with Crippen molar-refractivity contribution in [1.82, 2.24) is 9.80 Å². The highest BCUT2D eigenvalue weighted by Gasteiger charge is 2.45. The first kappa shape index (κ1) is 24.4. The van der Waals surface area contributed by atoms with Gasteiger partial charge >= 0.3 is 12.1 Å². The van der Waals surface area contributed by atoms with Crippen molar-refractivity contribution in [2.45, 2.75) is 56.3 Å². The van der Waals surface area contributed by atoms with Crippen LogP contribution in [0.2, 0.25) is 0 Å². The molecule has 1 atom stereocenters. The maximum atomic E-state index is 13.3. The van der Waals surface area contributed by atoms with Crippen molar-refractivity contribution in [3.05, 3.63) is 35.6 Å². The van der Waals surface area contributed by atoms with E-state index in [4.69, 9.17) is 14.6 Å². The lowest BCUT2D eigenvalue weighted by atomic mass is 9.87. The minimum absolute atomic E-state index is 0.0249. The van der Waals surface area contributed by atoms with Crippen molar-refractivity contribution in [3.8, 4) is 0 Å². The van der Waals surface area contributed by atoms with E-state index in [0.717, 1.165) is 44.5 Å². The largest absolute Gasteiger partial charge is 0.490 e. The first-order valence-electron chi connectivity index (χ1n) is 10.8. The maximum Gasteiger partial charge on any atom is 0.490 e. The number of piperidine rings is 1. The zero-order valence-electron chi connectivity index (χ0n) is 17.7. The fourth-order valence-corrected chi connectivity index (χ4v) is 4.61. The van der Waals surface area contributed by atoms with Crippen molar-refractivity contribution >= 4 is 11.9 Å². The predicted octanol–water partition coefficient (Wildman–Crippen LogP) is 3.25. The molecule has 4 rings (SSSR count). The number of ether oxygens (including phenoxy) is 1. The molecule has 1 unspecified atom stereocenters. The molecule has 3 saturated heterocycles. The van der Waals surface area contributed by atoms with Gasteiger partial charge in [-0.05, 0) is 62.9 Å². The molecule has 10 heteroatoms. The summed E-state index contributed by atoms with van der Waals surface area (Å²) in [7, 11) is 0. The number of nitrogens with zero attached hydrogens (tertiary/aromatic N) is 2. The molecule has 0 bridgehead atoms. The number of amides is 1. The van der Waals surface area contributed by atoms with Gasteiger partial charge in [-0.25, -0.2) is 9.18 Å². The average molecular weight is 460 g/mol. The van der Waals surface area contributed by atoms with Crippen molar-refractivity contribution in [2.24, 2.45) is 0 Å². The number of carboxylic acid groups (broad SMARTS) is 1. The molecule has 0 radical (unpaired) electrons. The van der Waals surface area contributed by atoms with Crippen LogP contribution in [-0.2, 0) is 20.7 Å². The molecular formula is C22H28F4N2O4. The lowest BCUT2D eigenvalue weighted by Gasteiger charge is -2.39. The van der Waals surface area contributed by atoms with Crippen molar-refractivity contribution in [1.29, 1.82) is 0 Å². The van der Waals surface area contributed by atoms with Crippen LogP contribution in [0.5, 0.6) is 0 Å². The van der Waals surface area contributed by atoms with Crippen LogP contribution in [0.4, 0.5) is 17.6 Å². The molecule has 0 aliphatic carbocycles. The Labute approximate surface area is 184 Å². The van der Waals surface area contributed by atoms with E-state index in [2.05, 4.69) is 4.90 Å². The summed E-state index contributed by atoms with van der Waals surface area (Å²) in [4.78, 5) is 25.9. The molecule has 32 heavy (non-hydrogen) atoms. The summed E-state index contributed by atoms with van der Waals surface area (Å²) in [6.07, 6.45) is 0.775. The summed E-state index contributed by atoms with van der Waals surface area (Å²) in [5, 5.41) is 7.12. The van der Waals surface area contributed by atoms with Crippen molar-refractivity contribution in [3.63, 3.8) is 0 Å². The second-order valence-corrected chi connectivity index (χ2v) is 8.59. The number of aliphatic carboxylic acids is 1. The van der Waals surface area contributed by atoms with Crippen LogP contribution in [0.15, 0.2) is 24.3 Å². The second kappa shape index (κ2) is 10.2. The molecule has 1 aromatic carbocycles. The molecule has 178 valence electrons. The number of carbonyl (C=O) groups is 2. The van der Waals surface area contributed by atoms with E-state index in [9.17, 15) is 22.4 Å². The summed E-state index contributed by atoms with van der Waals surface area (Å²) in [6.45, 7) is 4.77. The van der Waals surface area contributed by atoms with E-state index >= 15 is 0 Å². The molecule has 1 spiro atoms. The Morgan fingerprint density at radius 1 is 1.12 bits per heavy atom. The van der Waals surface area contributed by atoms with E-state index in [0.29, 0.717) is 6.04 Å². The quantitative estimate of drug-likeness (QED) is 0.702. The van der Waals surface area contributed by atoms with Gasteiger partial charge in [0.2, 0.25) is 5.91 Å². The van der Waals surface area contributed by atoms with Gasteiger partial charge in [0.15, 0.2) is 0 Å². The molecule has 0 saturated carbocycles. The van der Waals surface area contributed by atoms with E-state index in [1.54, 1.807) is 6.07 Å². The molecule has 3 aliphatic rings. The molecule has 1 N–H and O–H groups in total. The molecule has 3 aliphatic heterocycles. The van der Waals surface area contributed by atoms with Gasteiger partial charge in [-0.1, -0.05) is 12.1 Å². The minimum Gasteiger partial charge on any atom is -0.475 e. The SMILES string of the molecule is O=C(Cc1cccc(F)c1)N1CCC2(CC1)CC(N1CCCC1)CO2.O=C(O)C(F)(F)F. The Morgan fingerprint density at radius 2 is 1.75 bits per heavy atom. The summed E-state index contributed by atoms with van der Waals surface area (Å²) < 4.78 is 51.3. The van der Waals surface area contributed by atoms with Crippen LogP contribution in [0.3, 0.4) is 0 Å². The average Bonchev–Trinajstić information content (AvgIpc) is 3.39. The molecule has 3 heterocycles. The fourth-order valence-electron chi connectivity index (χ4n) is 4.61. The van der Waals surface area contributed by atoms with Gasteiger partial charge in [0.05, 0.1) is 18.6 Å². The van der Waals surface area contributed by atoms with Crippen molar-refractivity contribution < 1.29 is 37.0 Å². The van der Waals surface area contributed by atoms with Gasteiger partial charge < -0.3 is 14.7 Å². The molecular weight excluding hydrogens is 432 g/mol. The Morgan fingerprint density at radius 3 is 2.31 bits per heavy atom. The van der Waals surface area contributed by atoms with Crippen LogP contribution in [0.25, 0.3) is 0 Å². The van der Waals surface area contributed by atoms with Crippen molar-refractivity contribution in [2.75, 3.05) is 32.8 Å². The number of halogens is 4. The highest BCUT2D eigenvalue weighted by atomic mass is 19.4. The maximum absolute atomic E-state index is 13.3. The van der Waals surface area contributed by atoms with Gasteiger partial charge in [-0.3, -0.25) is 9.69 Å². The third kappa shape index (κ3) is 6.41. The predicted molar refractivity (Wildman–Crippen MR) is 108 cm³/mol. The van der Waals surface area contributed by atoms with Gasteiger partial charge in [0.1, 0.15) is 5.82 Å². The second-order valence-electron chi connectivity index (χ2n) is 8.59. The number of benzene rings is 1. The normalized spacial score (nSPS) is 23.1. The number of hydrogen-bond acceptors (Lipinski definition) is 4. The smallest absolute Gasteiger partial charge is 0.475 e. The highest BCUT2D eigenvalue weighted by molar-refractivity contribution is 5.78. The zero-order valence-corrected chi connectivity index (χ0v) is 17.7. The van der Waals surface area contributed by atoms with Crippen LogP contribution in [-0.4, -0.2) is 77.4 Å². The molecule has 3 fully saturated rings. The first-order valence-corrected chi connectivity index (χ1v) is 10.8. The third-order valence-electron chi connectivity index (χ3n) is 6.36. The molecule has 1 aromatic rings. The zero-order chi connectivity index (χ0) is 23.4. The topological polar surface area (TPSA) is 70.1 Å². The Kier molecular flexibility index (Phi) is 7.76. The van der Waals surface area contributed by atoms with Crippen LogP contribution in [0.1, 0.15) is 37.7 Å². The summed E-state index contributed by atoms with van der Waals surface area (Å²) in [5.74, 6) is -2.95. The van der Waals surface area contributed by atoms with Crippen LogP contribution < -0.4 is 0 Å². The van der Waals surface area contributed by atoms with Crippen LogP contribution in [0, 0.1) is 5.82 Å². The Bertz CT molecular complexity index is 803. The Hall–Kier alpha value is -2.20. The molecule has 0 aromatic heterocycles. The lowest BCUT2D eigenvalue weighted by molar-refractivity contribution is -0.192. The number of hydrogen-bond donors (Lipinski definition) is 1. The summed E-state index contributed by atoms with van der Waals surface area (Å²) in [5.41, 5.74) is 0.722. The number of likely N-dealkylation sites (tertiary alicyclic amines) is 2. The monoisotopic (exact) mass is 460 g/mol. The fraction of sp³-hybridized carbons (Fsp3) is 0.636. The molecule has 1 amide bonds. The number of carboxylic acids is 1. The van der Waals surface area contributed by atoms with Gasteiger partial charge in [0, 0.05) is 19.1 Å². The summed E-state index contributed by atoms with van der Waals surface area (Å²) in [6, 6.07) is 6.90. The Balaban J connectivity index is 0.000000360. The van der Waals surface area contributed by atoms with Gasteiger partial charge in [-0.2, -0.15) is 13.2 Å². The van der Waals surface area contributed by atoms with Crippen LogP contribution >= 0.6 is 0 Å². The number of alkyl halides is 3. The standard InChI is InChI=1S/C20H27FN2O2.C2HF3O2/c21-17-5-3-4-16(12-17)13-19(24)23-10-6-20(7-11-23)14-18(15-25-20)22-8-1-2-9-22;3-2(4,5)1(6)7/h3-5,12,18H,1-2,6-11,13-15H2;(H,6,7).